The number of aromatic nitrogens is 2. The van der Waals surface area contributed by atoms with E-state index >= 15 is 0 Å². The van der Waals surface area contributed by atoms with E-state index in [1.165, 1.54) is 36.8 Å². The number of rotatable bonds is 6. The van der Waals surface area contributed by atoms with E-state index in [1.807, 2.05) is 0 Å². The zero-order valence-corrected chi connectivity index (χ0v) is 17.2. The quantitative estimate of drug-likeness (QED) is 0.585. The fourth-order valence-electron chi connectivity index (χ4n) is 4.18. The van der Waals surface area contributed by atoms with Crippen molar-refractivity contribution in [1.82, 2.24) is 9.97 Å². The van der Waals surface area contributed by atoms with Gasteiger partial charge in [0.05, 0.1) is 19.9 Å². The molecule has 6 nitrogen and oxygen atoms in total. The van der Waals surface area contributed by atoms with E-state index in [2.05, 4.69) is 15.3 Å². The number of hydrogen-bond acceptors (Lipinski definition) is 4. The van der Waals surface area contributed by atoms with E-state index in [0.717, 1.165) is 11.3 Å². The number of nitrogens with one attached hydrogen (secondary N) is 2. The summed E-state index contributed by atoms with van der Waals surface area (Å²) < 4.78 is 53.0. The van der Waals surface area contributed by atoms with Crippen molar-refractivity contribution in [1.29, 1.82) is 0 Å². The van der Waals surface area contributed by atoms with Crippen LogP contribution in [0.2, 0.25) is 0 Å². The highest BCUT2D eigenvalue weighted by Crippen LogP contribution is 2.40. The largest absolute Gasteiger partial charge is 0.385 e. The molecule has 0 bridgehead atoms. The monoisotopic (exact) mass is 433 g/mol. The molecule has 1 aliphatic heterocycles. The van der Waals surface area contributed by atoms with E-state index in [0.29, 0.717) is 19.6 Å². The summed E-state index contributed by atoms with van der Waals surface area (Å²) in [5.41, 5.74) is 1.65. The van der Waals surface area contributed by atoms with Crippen LogP contribution < -0.4 is 5.32 Å². The molecule has 0 aliphatic carbocycles. The lowest BCUT2D eigenvalue weighted by Crippen LogP contribution is -2.47. The summed E-state index contributed by atoms with van der Waals surface area (Å²) in [7, 11) is -2.03. The fraction of sp³-hybridized carbons (Fsp3) is 0.286. The van der Waals surface area contributed by atoms with Gasteiger partial charge in [-0.05, 0) is 42.0 Å². The molecule has 1 saturated heterocycles. The molecule has 4 rings (SSSR count). The number of sulfonamides is 1. The molecule has 1 aromatic heterocycles. The van der Waals surface area contributed by atoms with Crippen LogP contribution in [0.25, 0.3) is 0 Å². The highest BCUT2D eigenvalue weighted by molar-refractivity contribution is 7.85. The number of imidazole rings is 1. The Hall–Kier alpha value is -2.78. The Morgan fingerprint density at radius 3 is 2.30 bits per heavy atom. The second-order valence-electron chi connectivity index (χ2n) is 7.85. The fourth-order valence-corrected chi connectivity index (χ4v) is 5.78. The first-order chi connectivity index (χ1) is 14.3. The SMILES string of the molecule is C[N@+]1(S(=O)(=O)c2c[nH]cn2)CC(CNc2ccc(F)cc2)[C@H](c2ccc(F)cc2)C1. The number of aromatic amines is 1. The highest BCUT2D eigenvalue weighted by Gasteiger charge is 2.52. The molecule has 3 aromatic rings. The van der Waals surface area contributed by atoms with Crippen molar-refractivity contribution in [2.75, 3.05) is 32.0 Å². The number of halogens is 2. The lowest BCUT2D eigenvalue weighted by Gasteiger charge is -2.27. The summed E-state index contributed by atoms with van der Waals surface area (Å²) >= 11 is 0. The molecular weight excluding hydrogens is 410 g/mol. The number of likely N-dealkylation sites (tertiary alicyclic amines) is 1. The molecule has 2 N–H and O–H groups in total. The summed E-state index contributed by atoms with van der Waals surface area (Å²) in [5.74, 6) is -0.796. The molecule has 1 unspecified atom stereocenters. The van der Waals surface area contributed by atoms with Gasteiger partial charge in [0.25, 0.3) is 0 Å². The van der Waals surface area contributed by atoms with Crippen LogP contribution in [0.15, 0.2) is 66.1 Å². The smallest absolute Gasteiger partial charge is 0.346 e. The maximum absolute atomic E-state index is 13.4. The van der Waals surface area contributed by atoms with Crippen molar-refractivity contribution in [3.8, 4) is 0 Å². The Morgan fingerprint density at radius 1 is 1.07 bits per heavy atom. The van der Waals surface area contributed by atoms with Gasteiger partial charge in [-0.3, -0.25) is 0 Å². The number of nitrogens with zero attached hydrogens (tertiary/aromatic N) is 2. The predicted molar refractivity (Wildman–Crippen MR) is 109 cm³/mol. The van der Waals surface area contributed by atoms with Crippen molar-refractivity contribution in [3.05, 3.63) is 78.3 Å². The van der Waals surface area contributed by atoms with Crippen LogP contribution in [-0.4, -0.2) is 49.0 Å². The van der Waals surface area contributed by atoms with Gasteiger partial charge in [0.2, 0.25) is 5.03 Å². The van der Waals surface area contributed by atoms with Gasteiger partial charge in [-0.2, -0.15) is 8.42 Å². The minimum atomic E-state index is -3.72. The third kappa shape index (κ3) is 3.82. The molecule has 0 amide bonds. The van der Waals surface area contributed by atoms with Crippen LogP contribution in [0.1, 0.15) is 11.5 Å². The number of quaternary nitrogens is 1. The first kappa shape index (κ1) is 20.5. The highest BCUT2D eigenvalue weighted by atomic mass is 32.2. The lowest BCUT2D eigenvalue weighted by molar-refractivity contribution is -0.773. The van der Waals surface area contributed by atoms with Crippen LogP contribution in [0.3, 0.4) is 0 Å². The molecule has 0 saturated carbocycles. The zero-order chi connectivity index (χ0) is 21.4. The molecule has 158 valence electrons. The van der Waals surface area contributed by atoms with Gasteiger partial charge in [-0.1, -0.05) is 12.1 Å². The van der Waals surface area contributed by atoms with Crippen molar-refractivity contribution in [2.24, 2.45) is 5.92 Å². The van der Waals surface area contributed by atoms with Crippen molar-refractivity contribution in [3.63, 3.8) is 0 Å². The first-order valence-electron chi connectivity index (χ1n) is 9.62. The number of anilines is 1. The van der Waals surface area contributed by atoms with Crippen LogP contribution >= 0.6 is 0 Å². The van der Waals surface area contributed by atoms with Gasteiger partial charge < -0.3 is 10.3 Å². The first-order valence-corrected chi connectivity index (χ1v) is 11.1. The van der Waals surface area contributed by atoms with Gasteiger partial charge in [0.1, 0.15) is 18.2 Å². The van der Waals surface area contributed by atoms with E-state index < -0.39 is 10.0 Å². The predicted octanol–water partition coefficient (Wildman–Crippen LogP) is 3.35. The van der Waals surface area contributed by atoms with Crippen LogP contribution in [0, 0.1) is 17.6 Å². The molecule has 1 aliphatic rings. The second-order valence-corrected chi connectivity index (χ2v) is 10.1. The Kier molecular flexibility index (Phi) is 5.33. The molecule has 2 heterocycles. The Bertz CT molecular complexity index is 1100. The Balaban J connectivity index is 1.63. The summed E-state index contributed by atoms with van der Waals surface area (Å²) in [6.45, 7) is 1.21. The topological polar surface area (TPSA) is 74.8 Å². The molecular formula is C21H23F2N4O2S+. The minimum Gasteiger partial charge on any atom is -0.385 e. The minimum absolute atomic E-state index is 0.00926. The van der Waals surface area contributed by atoms with E-state index in [4.69, 9.17) is 0 Å². The Labute approximate surface area is 174 Å². The molecule has 0 spiro atoms. The van der Waals surface area contributed by atoms with Gasteiger partial charge in [-0.25, -0.2) is 17.7 Å². The van der Waals surface area contributed by atoms with E-state index in [9.17, 15) is 17.2 Å². The number of likely N-dealkylation sites (N-methyl/N-ethyl adjacent to an activating group) is 1. The van der Waals surface area contributed by atoms with Crippen LogP contribution in [0.5, 0.6) is 0 Å². The average Bonchev–Trinajstić information content (AvgIpc) is 3.38. The van der Waals surface area contributed by atoms with Crippen LogP contribution in [-0.2, 0) is 10.0 Å². The van der Waals surface area contributed by atoms with Crippen LogP contribution in [0.4, 0.5) is 14.5 Å². The van der Waals surface area contributed by atoms with Gasteiger partial charge in [-0.15, -0.1) is 0 Å². The number of H-pyrrole nitrogens is 1. The van der Waals surface area contributed by atoms with Crippen molar-refractivity contribution < 1.29 is 21.1 Å². The third-order valence-electron chi connectivity index (χ3n) is 5.80. The molecule has 2 aromatic carbocycles. The number of hydrogen-bond donors (Lipinski definition) is 2. The summed E-state index contributed by atoms with van der Waals surface area (Å²) in [4.78, 5) is 6.66. The standard InChI is InChI=1S/C21H23F2N4O2S/c1-27(30(28,29)21-11-24-14-26-21)12-16(10-25-19-8-6-18(23)7-9-19)20(13-27)15-2-4-17(22)5-3-15/h2-9,11,14,16,20,25H,10,12-13H2,1H3,(H,24,26)/q+1/t16?,20-,27-/m0/s1. The van der Waals surface area contributed by atoms with Gasteiger partial charge >= 0.3 is 10.0 Å². The summed E-state index contributed by atoms with van der Waals surface area (Å²) in [6.07, 6.45) is 2.73. The number of benzene rings is 2. The maximum atomic E-state index is 13.4. The van der Waals surface area contributed by atoms with Crippen molar-refractivity contribution in [2.45, 2.75) is 10.9 Å². The molecule has 3 atom stereocenters. The van der Waals surface area contributed by atoms with Crippen molar-refractivity contribution >= 4 is 15.7 Å². The van der Waals surface area contributed by atoms with Gasteiger partial charge in [0, 0.05) is 30.3 Å². The molecule has 1 fully saturated rings. The zero-order valence-electron chi connectivity index (χ0n) is 16.4. The summed E-state index contributed by atoms with van der Waals surface area (Å²) in [6, 6.07) is 12.2. The van der Waals surface area contributed by atoms with E-state index in [-0.39, 0.29) is 32.4 Å². The van der Waals surface area contributed by atoms with Gasteiger partial charge in [0.15, 0.2) is 0 Å². The lowest BCUT2D eigenvalue weighted by atomic mass is 9.89. The summed E-state index contributed by atoms with van der Waals surface area (Å²) in [5, 5.41) is 3.29. The molecule has 9 heteroatoms. The normalized spacial score (nSPS) is 24.1. The maximum Gasteiger partial charge on any atom is 0.346 e. The van der Waals surface area contributed by atoms with E-state index in [1.54, 1.807) is 31.3 Å². The molecule has 30 heavy (non-hydrogen) atoms. The molecule has 0 radical (unpaired) electrons. The Morgan fingerprint density at radius 2 is 1.70 bits per heavy atom. The third-order valence-corrected chi connectivity index (χ3v) is 8.01. The second kappa shape index (κ2) is 7.81. The average molecular weight is 434 g/mol.